The lowest BCUT2D eigenvalue weighted by molar-refractivity contribution is 0.418. The molecule has 1 N–H and O–H groups in total. The first kappa shape index (κ1) is 15.1. The molecule has 25 heavy (non-hydrogen) atoms. The predicted octanol–water partition coefficient (Wildman–Crippen LogP) is 2.94. The third kappa shape index (κ3) is 2.76. The lowest BCUT2D eigenvalue weighted by Crippen LogP contribution is -2.21. The van der Waals surface area contributed by atoms with E-state index in [1.165, 1.54) is 23.0 Å². The second-order valence-electron chi connectivity index (χ2n) is 5.54. The van der Waals surface area contributed by atoms with Crippen LogP contribution in [0.3, 0.4) is 0 Å². The Bertz CT molecular complexity index is 1130. The Labute approximate surface area is 140 Å². The summed E-state index contributed by atoms with van der Waals surface area (Å²) in [5, 5.41) is 13.9. The molecule has 0 bridgehead atoms. The summed E-state index contributed by atoms with van der Waals surface area (Å²) in [4.78, 5) is 16.7. The monoisotopic (exact) mass is 337 g/mol. The van der Waals surface area contributed by atoms with Crippen LogP contribution in [0.4, 0.5) is 4.39 Å². The maximum atomic E-state index is 13.1. The molecular formula is C18H12FN3O3. The first-order chi connectivity index (χ1) is 12.1. The molecule has 6 nitrogen and oxygen atoms in total. The Balaban J connectivity index is 1.66. The van der Waals surface area contributed by atoms with Gasteiger partial charge in [0, 0.05) is 11.6 Å². The fourth-order valence-corrected chi connectivity index (χ4v) is 2.58. The van der Waals surface area contributed by atoms with E-state index in [2.05, 4.69) is 10.1 Å². The van der Waals surface area contributed by atoms with E-state index in [9.17, 15) is 14.3 Å². The molecule has 0 aliphatic rings. The third-order valence-corrected chi connectivity index (χ3v) is 3.85. The van der Waals surface area contributed by atoms with Crippen molar-refractivity contribution in [3.05, 3.63) is 76.7 Å². The zero-order chi connectivity index (χ0) is 17.4. The van der Waals surface area contributed by atoms with Crippen LogP contribution in [0.5, 0.6) is 5.75 Å². The first-order valence-corrected chi connectivity index (χ1v) is 7.50. The number of rotatable bonds is 3. The molecule has 0 saturated carbocycles. The van der Waals surface area contributed by atoms with Crippen molar-refractivity contribution in [2.45, 2.75) is 6.54 Å². The molecule has 124 valence electrons. The van der Waals surface area contributed by atoms with E-state index in [-0.39, 0.29) is 12.1 Å². The standard InChI is InChI=1S/C18H12FN3O3/c19-14-6-5-11(7-16(14)23)17-8-12(21-25-17)9-22-10-20-15-4-2-1-3-13(15)18(22)24/h1-8,10,23H,9H2. The fourth-order valence-electron chi connectivity index (χ4n) is 2.58. The Kier molecular flexibility index (Phi) is 3.53. The number of hydrogen-bond donors (Lipinski definition) is 1. The number of benzene rings is 2. The molecule has 2 aromatic heterocycles. The van der Waals surface area contributed by atoms with Gasteiger partial charge in [-0.05, 0) is 30.3 Å². The van der Waals surface area contributed by atoms with Gasteiger partial charge in [-0.25, -0.2) is 9.37 Å². The fraction of sp³-hybridized carbons (Fsp3) is 0.0556. The van der Waals surface area contributed by atoms with Crippen molar-refractivity contribution in [1.82, 2.24) is 14.7 Å². The van der Waals surface area contributed by atoms with Crippen molar-refractivity contribution in [2.24, 2.45) is 0 Å². The van der Waals surface area contributed by atoms with Gasteiger partial charge < -0.3 is 9.63 Å². The molecule has 0 atom stereocenters. The highest BCUT2D eigenvalue weighted by molar-refractivity contribution is 5.76. The smallest absolute Gasteiger partial charge is 0.261 e. The number of nitrogens with zero attached hydrogens (tertiary/aromatic N) is 3. The molecule has 4 rings (SSSR count). The molecular weight excluding hydrogens is 325 g/mol. The molecule has 4 aromatic rings. The Morgan fingerprint density at radius 2 is 2.00 bits per heavy atom. The van der Waals surface area contributed by atoms with E-state index >= 15 is 0 Å². The van der Waals surface area contributed by atoms with E-state index in [0.29, 0.717) is 27.9 Å². The zero-order valence-electron chi connectivity index (χ0n) is 12.9. The van der Waals surface area contributed by atoms with Gasteiger partial charge in [-0.3, -0.25) is 9.36 Å². The summed E-state index contributed by atoms with van der Waals surface area (Å²) in [6.45, 7) is 0.188. The van der Waals surface area contributed by atoms with Crippen molar-refractivity contribution >= 4 is 10.9 Å². The number of fused-ring (bicyclic) bond motifs is 1. The van der Waals surface area contributed by atoms with Crippen LogP contribution in [0.2, 0.25) is 0 Å². The highest BCUT2D eigenvalue weighted by Gasteiger charge is 2.11. The van der Waals surface area contributed by atoms with Crippen molar-refractivity contribution < 1.29 is 14.0 Å². The molecule has 2 heterocycles. The van der Waals surface area contributed by atoms with Crippen LogP contribution in [0.1, 0.15) is 5.69 Å². The average molecular weight is 337 g/mol. The van der Waals surface area contributed by atoms with Crippen molar-refractivity contribution in [3.8, 4) is 17.1 Å². The van der Waals surface area contributed by atoms with E-state index in [0.717, 1.165) is 6.07 Å². The van der Waals surface area contributed by atoms with Gasteiger partial charge in [0.2, 0.25) is 0 Å². The summed E-state index contributed by atoms with van der Waals surface area (Å²) in [6, 6.07) is 12.6. The second-order valence-corrected chi connectivity index (χ2v) is 5.54. The van der Waals surface area contributed by atoms with Gasteiger partial charge in [0.15, 0.2) is 17.3 Å². The number of aromatic hydroxyl groups is 1. The minimum atomic E-state index is -0.711. The maximum absolute atomic E-state index is 13.1. The molecule has 0 aliphatic heterocycles. The summed E-state index contributed by atoms with van der Waals surface area (Å²) in [6.07, 6.45) is 1.46. The van der Waals surface area contributed by atoms with E-state index in [1.54, 1.807) is 24.3 Å². The van der Waals surface area contributed by atoms with Gasteiger partial charge >= 0.3 is 0 Å². The molecule has 0 radical (unpaired) electrons. The zero-order valence-corrected chi connectivity index (χ0v) is 12.9. The van der Waals surface area contributed by atoms with Gasteiger partial charge in [-0.2, -0.15) is 0 Å². The normalized spacial score (nSPS) is 11.1. The largest absolute Gasteiger partial charge is 0.505 e. The predicted molar refractivity (Wildman–Crippen MR) is 88.7 cm³/mol. The summed E-state index contributed by atoms with van der Waals surface area (Å²) < 4.78 is 19.8. The van der Waals surface area contributed by atoms with Crippen molar-refractivity contribution in [1.29, 1.82) is 0 Å². The summed E-state index contributed by atoms with van der Waals surface area (Å²) in [5.74, 6) is -0.810. The second kappa shape index (κ2) is 5.86. The van der Waals surface area contributed by atoms with Crippen molar-refractivity contribution in [2.75, 3.05) is 0 Å². The van der Waals surface area contributed by atoms with Crippen LogP contribution in [0.25, 0.3) is 22.2 Å². The number of halogens is 1. The van der Waals surface area contributed by atoms with Gasteiger partial charge in [0.05, 0.1) is 23.8 Å². The molecule has 0 fully saturated rings. The molecule has 2 aromatic carbocycles. The van der Waals surface area contributed by atoms with E-state index in [4.69, 9.17) is 4.52 Å². The Morgan fingerprint density at radius 1 is 1.16 bits per heavy atom. The first-order valence-electron chi connectivity index (χ1n) is 7.50. The quantitative estimate of drug-likeness (QED) is 0.622. The lowest BCUT2D eigenvalue weighted by atomic mass is 10.1. The summed E-state index contributed by atoms with van der Waals surface area (Å²) >= 11 is 0. The van der Waals surface area contributed by atoms with Crippen LogP contribution < -0.4 is 5.56 Å². The summed E-state index contributed by atoms with van der Waals surface area (Å²) in [5.41, 5.74) is 1.46. The number of phenolic OH excluding ortho intramolecular Hbond substituents is 1. The van der Waals surface area contributed by atoms with Gasteiger partial charge in [0.25, 0.3) is 5.56 Å². The molecule has 7 heteroatoms. The minimum absolute atomic E-state index is 0.172. The number of aromatic nitrogens is 3. The molecule has 0 spiro atoms. The Morgan fingerprint density at radius 3 is 2.84 bits per heavy atom. The van der Waals surface area contributed by atoms with Crippen molar-refractivity contribution in [3.63, 3.8) is 0 Å². The van der Waals surface area contributed by atoms with Crippen LogP contribution >= 0.6 is 0 Å². The highest BCUT2D eigenvalue weighted by Crippen LogP contribution is 2.26. The molecule has 0 saturated heterocycles. The number of hydrogen-bond acceptors (Lipinski definition) is 5. The van der Waals surface area contributed by atoms with Gasteiger partial charge in [0.1, 0.15) is 5.69 Å². The summed E-state index contributed by atoms with van der Waals surface area (Å²) in [7, 11) is 0. The van der Waals surface area contributed by atoms with Crippen LogP contribution in [0.15, 0.2) is 64.2 Å². The van der Waals surface area contributed by atoms with Gasteiger partial charge in [-0.15, -0.1) is 0 Å². The number of para-hydroxylation sites is 1. The number of phenols is 1. The highest BCUT2D eigenvalue weighted by atomic mass is 19.1. The minimum Gasteiger partial charge on any atom is -0.505 e. The average Bonchev–Trinajstić information content (AvgIpc) is 3.09. The van der Waals surface area contributed by atoms with E-state index in [1.807, 2.05) is 6.07 Å². The third-order valence-electron chi connectivity index (χ3n) is 3.85. The molecule has 0 amide bonds. The van der Waals surface area contributed by atoms with Gasteiger partial charge in [-0.1, -0.05) is 17.3 Å². The Hall–Kier alpha value is -3.48. The maximum Gasteiger partial charge on any atom is 0.261 e. The lowest BCUT2D eigenvalue weighted by Gasteiger charge is -2.03. The molecule has 0 unspecified atom stereocenters. The SMILES string of the molecule is O=c1c2ccccc2ncn1Cc1cc(-c2ccc(F)c(O)c2)on1. The van der Waals surface area contributed by atoms with E-state index < -0.39 is 11.6 Å². The van der Waals surface area contributed by atoms with Crippen LogP contribution in [-0.4, -0.2) is 19.8 Å². The topological polar surface area (TPSA) is 81.2 Å². The molecule has 0 aliphatic carbocycles. The van der Waals surface area contributed by atoms with Crippen LogP contribution in [-0.2, 0) is 6.54 Å². The van der Waals surface area contributed by atoms with Crippen LogP contribution in [0, 0.1) is 5.82 Å².